The number of hydrogen-bond donors (Lipinski definition) is 0. The van der Waals surface area contributed by atoms with Gasteiger partial charge in [-0.05, 0) is 6.42 Å². The monoisotopic (exact) mass is 220 g/mol. The van der Waals surface area contributed by atoms with Crippen LogP contribution >= 0.6 is 0 Å². The van der Waals surface area contributed by atoms with Crippen LogP contribution in [0.5, 0.6) is 0 Å². The van der Waals surface area contributed by atoms with E-state index in [0.717, 1.165) is 12.8 Å². The number of nitrogens with zero attached hydrogens (tertiary/aromatic N) is 4. The van der Waals surface area contributed by atoms with Gasteiger partial charge in [-0.15, -0.1) is 0 Å². The average molecular weight is 220 g/mol. The molecule has 84 valence electrons. The standard InChI is InChI=1S/C10H12N4O2/c1-2-3-9-12-8(13-16-9)6-14-7-11-5-4-10(14)15/h4-5,7H,2-3,6H2,1H3. The Kier molecular flexibility index (Phi) is 3.09. The van der Waals surface area contributed by atoms with Crippen LogP contribution < -0.4 is 5.56 Å². The molecule has 2 aromatic rings. The first-order valence-corrected chi connectivity index (χ1v) is 5.11. The maximum Gasteiger partial charge on any atom is 0.253 e. The Balaban J connectivity index is 2.15. The maximum atomic E-state index is 11.4. The molecule has 0 unspecified atom stereocenters. The van der Waals surface area contributed by atoms with E-state index in [1.54, 1.807) is 0 Å². The van der Waals surface area contributed by atoms with E-state index in [1.165, 1.54) is 23.2 Å². The molecule has 0 aliphatic carbocycles. The average Bonchev–Trinajstić information content (AvgIpc) is 2.70. The highest BCUT2D eigenvalue weighted by Crippen LogP contribution is 2.01. The molecule has 0 radical (unpaired) electrons. The highest BCUT2D eigenvalue weighted by Gasteiger charge is 2.06. The minimum atomic E-state index is -0.128. The molecule has 0 spiro atoms. The first-order valence-electron chi connectivity index (χ1n) is 5.11. The fraction of sp³-hybridized carbons (Fsp3) is 0.400. The lowest BCUT2D eigenvalue weighted by Gasteiger charge is -1.98. The third-order valence-corrected chi connectivity index (χ3v) is 2.08. The van der Waals surface area contributed by atoms with Gasteiger partial charge >= 0.3 is 0 Å². The van der Waals surface area contributed by atoms with E-state index in [1.807, 2.05) is 6.92 Å². The predicted octanol–water partition coefficient (Wildman–Crippen LogP) is 0.627. The Labute approximate surface area is 91.9 Å². The lowest BCUT2D eigenvalue weighted by atomic mass is 10.3. The van der Waals surface area contributed by atoms with Crippen LogP contribution in [0.25, 0.3) is 0 Å². The van der Waals surface area contributed by atoms with E-state index in [4.69, 9.17) is 4.52 Å². The molecule has 16 heavy (non-hydrogen) atoms. The third-order valence-electron chi connectivity index (χ3n) is 2.08. The second-order valence-electron chi connectivity index (χ2n) is 3.40. The molecule has 0 N–H and O–H groups in total. The minimum Gasteiger partial charge on any atom is -0.339 e. The van der Waals surface area contributed by atoms with Crippen LogP contribution in [0.3, 0.4) is 0 Å². The van der Waals surface area contributed by atoms with Crippen molar-refractivity contribution in [2.45, 2.75) is 26.3 Å². The highest BCUT2D eigenvalue weighted by molar-refractivity contribution is 4.90. The minimum absolute atomic E-state index is 0.128. The molecule has 0 atom stereocenters. The molecule has 6 heteroatoms. The summed E-state index contributed by atoms with van der Waals surface area (Å²) in [6.07, 6.45) is 4.62. The van der Waals surface area contributed by atoms with Crippen molar-refractivity contribution in [3.63, 3.8) is 0 Å². The summed E-state index contributed by atoms with van der Waals surface area (Å²) in [7, 11) is 0. The Morgan fingerprint density at radius 3 is 3.12 bits per heavy atom. The molecule has 0 amide bonds. The van der Waals surface area contributed by atoms with E-state index in [9.17, 15) is 4.79 Å². The Morgan fingerprint density at radius 1 is 1.50 bits per heavy atom. The first-order chi connectivity index (χ1) is 7.79. The zero-order valence-corrected chi connectivity index (χ0v) is 8.96. The molecule has 0 aromatic carbocycles. The summed E-state index contributed by atoms with van der Waals surface area (Å²) in [4.78, 5) is 19.4. The van der Waals surface area contributed by atoms with Crippen molar-refractivity contribution in [3.05, 3.63) is 40.7 Å². The van der Waals surface area contributed by atoms with Gasteiger partial charge in [-0.3, -0.25) is 9.36 Å². The van der Waals surface area contributed by atoms with Gasteiger partial charge in [0.1, 0.15) is 0 Å². The number of rotatable bonds is 4. The van der Waals surface area contributed by atoms with Gasteiger partial charge in [0, 0.05) is 18.7 Å². The normalized spacial score (nSPS) is 10.6. The number of aromatic nitrogens is 4. The summed E-state index contributed by atoms with van der Waals surface area (Å²) in [5, 5.41) is 3.80. The largest absolute Gasteiger partial charge is 0.339 e. The summed E-state index contributed by atoms with van der Waals surface area (Å²) < 4.78 is 6.45. The van der Waals surface area contributed by atoms with E-state index in [-0.39, 0.29) is 5.56 Å². The number of hydrogen-bond acceptors (Lipinski definition) is 5. The van der Waals surface area contributed by atoms with Crippen molar-refractivity contribution >= 4 is 0 Å². The molecule has 2 rings (SSSR count). The van der Waals surface area contributed by atoms with E-state index < -0.39 is 0 Å². The summed E-state index contributed by atoms with van der Waals surface area (Å²) in [5.74, 6) is 1.10. The maximum absolute atomic E-state index is 11.4. The van der Waals surface area contributed by atoms with Crippen LogP contribution in [0.15, 0.2) is 27.9 Å². The van der Waals surface area contributed by atoms with Crippen LogP contribution in [0.1, 0.15) is 25.1 Å². The topological polar surface area (TPSA) is 73.8 Å². The van der Waals surface area contributed by atoms with E-state index >= 15 is 0 Å². The lowest BCUT2D eigenvalue weighted by molar-refractivity contribution is 0.371. The predicted molar refractivity (Wildman–Crippen MR) is 55.9 cm³/mol. The molecule has 2 heterocycles. The SMILES string of the molecule is CCCc1nc(Cn2cnccc2=O)no1. The molecule has 0 bridgehead atoms. The quantitative estimate of drug-likeness (QED) is 0.755. The summed E-state index contributed by atoms with van der Waals surface area (Å²) in [5.41, 5.74) is -0.128. The number of aryl methyl sites for hydroxylation is 1. The highest BCUT2D eigenvalue weighted by atomic mass is 16.5. The van der Waals surface area contributed by atoms with Crippen LogP contribution in [0.4, 0.5) is 0 Å². The molecular weight excluding hydrogens is 208 g/mol. The van der Waals surface area contributed by atoms with Gasteiger partial charge in [-0.2, -0.15) is 4.98 Å². The summed E-state index contributed by atoms with van der Waals surface area (Å²) in [6, 6.07) is 1.40. The molecule has 0 aliphatic rings. The Bertz CT molecular complexity index is 517. The summed E-state index contributed by atoms with van der Waals surface area (Å²) in [6.45, 7) is 2.33. The second-order valence-corrected chi connectivity index (χ2v) is 3.40. The lowest BCUT2D eigenvalue weighted by Crippen LogP contribution is -2.19. The molecule has 0 saturated carbocycles. The van der Waals surface area contributed by atoms with Gasteiger partial charge in [-0.1, -0.05) is 12.1 Å². The van der Waals surface area contributed by atoms with Crippen molar-refractivity contribution in [2.75, 3.05) is 0 Å². The Morgan fingerprint density at radius 2 is 2.38 bits per heavy atom. The molecule has 0 fully saturated rings. The van der Waals surface area contributed by atoms with Crippen molar-refractivity contribution < 1.29 is 4.52 Å². The van der Waals surface area contributed by atoms with Crippen LogP contribution in [-0.4, -0.2) is 19.7 Å². The van der Waals surface area contributed by atoms with Crippen LogP contribution in [-0.2, 0) is 13.0 Å². The third kappa shape index (κ3) is 2.33. The van der Waals surface area contributed by atoms with Crippen molar-refractivity contribution in [1.29, 1.82) is 0 Å². The second kappa shape index (κ2) is 4.69. The van der Waals surface area contributed by atoms with E-state index in [2.05, 4.69) is 15.1 Å². The fourth-order valence-corrected chi connectivity index (χ4v) is 1.32. The summed E-state index contributed by atoms with van der Waals surface area (Å²) >= 11 is 0. The zero-order chi connectivity index (χ0) is 11.4. The van der Waals surface area contributed by atoms with E-state index in [0.29, 0.717) is 18.3 Å². The molecule has 6 nitrogen and oxygen atoms in total. The Hall–Kier alpha value is -1.98. The smallest absolute Gasteiger partial charge is 0.253 e. The zero-order valence-electron chi connectivity index (χ0n) is 8.96. The molecule has 0 saturated heterocycles. The van der Waals surface area contributed by atoms with Crippen molar-refractivity contribution in [1.82, 2.24) is 19.7 Å². The van der Waals surface area contributed by atoms with Gasteiger partial charge in [-0.25, -0.2) is 4.98 Å². The van der Waals surface area contributed by atoms with Gasteiger partial charge < -0.3 is 4.52 Å². The van der Waals surface area contributed by atoms with Crippen molar-refractivity contribution in [2.24, 2.45) is 0 Å². The van der Waals surface area contributed by atoms with Gasteiger partial charge in [0.25, 0.3) is 5.56 Å². The van der Waals surface area contributed by atoms with Crippen LogP contribution in [0, 0.1) is 0 Å². The van der Waals surface area contributed by atoms with Gasteiger partial charge in [0.2, 0.25) is 5.89 Å². The first kappa shape index (κ1) is 10.5. The van der Waals surface area contributed by atoms with Gasteiger partial charge in [0.15, 0.2) is 5.82 Å². The fourth-order valence-electron chi connectivity index (χ4n) is 1.32. The molecule has 2 aromatic heterocycles. The van der Waals surface area contributed by atoms with Crippen LogP contribution in [0.2, 0.25) is 0 Å². The molecule has 0 aliphatic heterocycles. The molecular formula is C10H12N4O2. The van der Waals surface area contributed by atoms with Gasteiger partial charge in [0.05, 0.1) is 12.9 Å². The van der Waals surface area contributed by atoms with Crippen molar-refractivity contribution in [3.8, 4) is 0 Å².